The Balaban J connectivity index is 1.53. The Morgan fingerprint density at radius 2 is 1.89 bits per heavy atom. The zero-order chi connectivity index (χ0) is 25.0. The molecular formula is C21H21F3N8O2S. The van der Waals surface area contributed by atoms with Gasteiger partial charge in [0.05, 0.1) is 29.2 Å². The minimum atomic E-state index is -5.41. The number of allylic oxidation sites excluding steroid dienone is 2. The van der Waals surface area contributed by atoms with Crippen LogP contribution in [0.25, 0.3) is 28.3 Å². The van der Waals surface area contributed by atoms with Crippen LogP contribution in [0.4, 0.5) is 13.2 Å². The van der Waals surface area contributed by atoms with Crippen molar-refractivity contribution in [1.82, 2.24) is 38.2 Å². The van der Waals surface area contributed by atoms with Crippen molar-refractivity contribution in [2.45, 2.75) is 24.4 Å². The first-order valence-corrected chi connectivity index (χ1v) is 12.0. The van der Waals surface area contributed by atoms with Crippen molar-refractivity contribution in [2.24, 2.45) is 7.05 Å². The number of imidazole rings is 1. The average Bonchev–Trinajstić information content (AvgIpc) is 3.52. The number of alkyl halides is 3. The smallest absolute Gasteiger partial charge is 0.284 e. The monoisotopic (exact) mass is 506 g/mol. The standard InChI is InChI=1S/C21H21F3N8O2S/c1-3-4-5-20(13-30(14-20)35(33,34)21(22,23)24)32-12-16(10-27-32)19-28-17(15-9-26-29(2)11-15)8-18-25-6-7-31(18)19/h3-4,6-12H,5,13-14H2,1-2H3. The Morgan fingerprint density at radius 3 is 2.54 bits per heavy atom. The van der Waals surface area contributed by atoms with Crippen molar-refractivity contribution in [3.63, 3.8) is 0 Å². The molecule has 10 nitrogen and oxygen atoms in total. The third-order valence-corrected chi connectivity index (χ3v) is 7.55. The third kappa shape index (κ3) is 3.82. The molecule has 0 aliphatic carbocycles. The van der Waals surface area contributed by atoms with E-state index in [2.05, 4.69) is 15.2 Å². The van der Waals surface area contributed by atoms with Crippen LogP contribution in [0, 0.1) is 0 Å². The summed E-state index contributed by atoms with van der Waals surface area (Å²) in [6, 6.07) is 1.82. The molecule has 1 aliphatic rings. The highest BCUT2D eigenvalue weighted by Crippen LogP contribution is 2.40. The van der Waals surface area contributed by atoms with Gasteiger partial charge in [0.1, 0.15) is 11.5 Å². The van der Waals surface area contributed by atoms with Crippen molar-refractivity contribution in [3.8, 4) is 22.6 Å². The molecule has 4 aromatic rings. The third-order valence-electron chi connectivity index (χ3n) is 6.02. The first kappa shape index (κ1) is 23.2. The number of nitrogens with zero attached hydrogens (tertiary/aromatic N) is 8. The van der Waals surface area contributed by atoms with Crippen LogP contribution >= 0.6 is 0 Å². The molecule has 5 rings (SSSR count). The van der Waals surface area contributed by atoms with E-state index in [1.165, 1.54) is 4.68 Å². The maximum Gasteiger partial charge on any atom is 0.511 e. The van der Waals surface area contributed by atoms with E-state index in [0.717, 1.165) is 5.56 Å². The molecule has 4 aromatic heterocycles. The molecule has 1 aliphatic heterocycles. The lowest BCUT2D eigenvalue weighted by atomic mass is 9.88. The summed E-state index contributed by atoms with van der Waals surface area (Å²) < 4.78 is 68.3. The summed E-state index contributed by atoms with van der Waals surface area (Å²) in [5.41, 5.74) is -3.60. The lowest BCUT2D eigenvalue weighted by Gasteiger charge is -2.48. The fourth-order valence-corrected chi connectivity index (χ4v) is 5.27. The minimum absolute atomic E-state index is 0.318. The molecule has 184 valence electrons. The molecule has 0 aromatic carbocycles. The predicted octanol–water partition coefficient (Wildman–Crippen LogP) is 2.82. The maximum absolute atomic E-state index is 13.0. The van der Waals surface area contributed by atoms with Gasteiger partial charge in [-0.15, -0.1) is 0 Å². The van der Waals surface area contributed by atoms with Crippen LogP contribution in [0.2, 0.25) is 0 Å². The van der Waals surface area contributed by atoms with E-state index in [9.17, 15) is 21.6 Å². The summed E-state index contributed by atoms with van der Waals surface area (Å²) in [6.07, 6.45) is 14.0. The maximum atomic E-state index is 13.0. The predicted molar refractivity (Wildman–Crippen MR) is 120 cm³/mol. The van der Waals surface area contributed by atoms with Crippen LogP contribution in [0.3, 0.4) is 0 Å². The molecule has 35 heavy (non-hydrogen) atoms. The molecule has 14 heteroatoms. The normalized spacial score (nSPS) is 16.8. The molecule has 0 atom stereocenters. The number of halogens is 3. The van der Waals surface area contributed by atoms with Crippen LogP contribution in [0.5, 0.6) is 0 Å². The highest BCUT2D eigenvalue weighted by molar-refractivity contribution is 7.90. The van der Waals surface area contributed by atoms with E-state index < -0.39 is 21.1 Å². The van der Waals surface area contributed by atoms with Gasteiger partial charge in [-0.2, -0.15) is 27.7 Å². The molecule has 1 saturated heterocycles. The number of fused-ring (bicyclic) bond motifs is 1. The summed E-state index contributed by atoms with van der Waals surface area (Å²) in [4.78, 5) is 9.12. The van der Waals surface area contributed by atoms with E-state index >= 15 is 0 Å². The number of hydrogen-bond acceptors (Lipinski definition) is 6. The largest absolute Gasteiger partial charge is 0.511 e. The second kappa shape index (κ2) is 8.02. The molecule has 0 N–H and O–H groups in total. The van der Waals surface area contributed by atoms with Crippen molar-refractivity contribution in [2.75, 3.05) is 13.1 Å². The minimum Gasteiger partial charge on any atom is -0.284 e. The number of sulfonamides is 1. The van der Waals surface area contributed by atoms with Gasteiger partial charge in [0, 0.05) is 56.6 Å². The summed E-state index contributed by atoms with van der Waals surface area (Å²) >= 11 is 0. The van der Waals surface area contributed by atoms with Crippen molar-refractivity contribution in [3.05, 3.63) is 55.4 Å². The fraction of sp³-hybridized carbons (Fsp3) is 0.333. The first-order chi connectivity index (χ1) is 16.5. The highest BCUT2D eigenvalue weighted by Gasteiger charge is 2.58. The topological polar surface area (TPSA) is 103 Å². The second-order valence-corrected chi connectivity index (χ2v) is 10.3. The van der Waals surface area contributed by atoms with Gasteiger partial charge >= 0.3 is 15.5 Å². The summed E-state index contributed by atoms with van der Waals surface area (Å²) in [6.45, 7) is 1.10. The number of aromatic nitrogens is 7. The highest BCUT2D eigenvalue weighted by atomic mass is 32.2. The number of hydrogen-bond donors (Lipinski definition) is 0. The van der Waals surface area contributed by atoms with E-state index in [1.54, 1.807) is 66.2 Å². The Bertz CT molecular complexity index is 1530. The van der Waals surface area contributed by atoms with Gasteiger partial charge in [-0.05, 0) is 13.3 Å². The van der Waals surface area contributed by atoms with E-state index in [1.807, 2.05) is 12.3 Å². The SMILES string of the molecule is CC=CCC1(n2cc(-c3nc(-c4cnn(C)c4)cc4nccn34)cn2)CN(S(=O)(=O)C(F)(F)F)C1. The zero-order valence-corrected chi connectivity index (χ0v) is 19.6. The molecule has 0 radical (unpaired) electrons. The summed E-state index contributed by atoms with van der Waals surface area (Å²) in [5, 5.41) is 8.59. The lowest BCUT2D eigenvalue weighted by molar-refractivity contribution is -0.0566. The molecule has 0 unspecified atom stereocenters. The molecular weight excluding hydrogens is 485 g/mol. The molecule has 0 spiro atoms. The molecule has 0 bridgehead atoms. The fourth-order valence-electron chi connectivity index (χ4n) is 4.16. The Kier molecular flexibility index (Phi) is 5.32. The summed E-state index contributed by atoms with van der Waals surface area (Å²) in [5.74, 6) is 0.533. The van der Waals surface area contributed by atoms with E-state index in [0.29, 0.717) is 33.5 Å². The van der Waals surface area contributed by atoms with Gasteiger partial charge in [-0.3, -0.25) is 13.8 Å². The lowest BCUT2D eigenvalue weighted by Crippen LogP contribution is -2.65. The number of rotatable bonds is 6. The average molecular weight is 507 g/mol. The van der Waals surface area contributed by atoms with Crippen LogP contribution in [0.15, 0.2) is 55.4 Å². The summed E-state index contributed by atoms with van der Waals surface area (Å²) in [7, 11) is -3.61. The van der Waals surface area contributed by atoms with Gasteiger partial charge < -0.3 is 0 Å². The van der Waals surface area contributed by atoms with Gasteiger partial charge in [0.2, 0.25) is 0 Å². The van der Waals surface area contributed by atoms with Crippen LogP contribution in [0.1, 0.15) is 13.3 Å². The molecule has 0 amide bonds. The second-order valence-electron chi connectivity index (χ2n) is 8.41. The Labute approximate surface area is 198 Å². The Hall–Kier alpha value is -3.52. The Morgan fingerprint density at radius 1 is 1.14 bits per heavy atom. The molecule has 5 heterocycles. The zero-order valence-electron chi connectivity index (χ0n) is 18.8. The van der Waals surface area contributed by atoms with E-state index in [-0.39, 0.29) is 13.1 Å². The van der Waals surface area contributed by atoms with Crippen molar-refractivity contribution in [1.29, 1.82) is 0 Å². The molecule has 0 saturated carbocycles. The van der Waals surface area contributed by atoms with E-state index in [4.69, 9.17) is 4.98 Å². The van der Waals surface area contributed by atoms with Gasteiger partial charge in [0.15, 0.2) is 0 Å². The molecule has 1 fully saturated rings. The first-order valence-electron chi connectivity index (χ1n) is 10.6. The quantitative estimate of drug-likeness (QED) is 0.373. The van der Waals surface area contributed by atoms with Crippen LogP contribution in [-0.2, 0) is 22.6 Å². The van der Waals surface area contributed by atoms with Crippen LogP contribution < -0.4 is 0 Å². The van der Waals surface area contributed by atoms with Gasteiger partial charge in [0.25, 0.3) is 0 Å². The van der Waals surface area contributed by atoms with Crippen molar-refractivity contribution >= 4 is 15.7 Å². The number of aryl methyl sites for hydroxylation is 1. The van der Waals surface area contributed by atoms with Gasteiger partial charge in [-0.25, -0.2) is 18.4 Å². The van der Waals surface area contributed by atoms with Gasteiger partial charge in [-0.1, -0.05) is 12.2 Å². The van der Waals surface area contributed by atoms with Crippen molar-refractivity contribution < 1.29 is 21.6 Å². The van der Waals surface area contributed by atoms with Crippen LogP contribution in [-0.4, -0.2) is 65.3 Å².